The highest BCUT2D eigenvalue weighted by Crippen LogP contribution is 2.42. The Kier molecular flexibility index (Phi) is 6.92. The predicted octanol–water partition coefficient (Wildman–Crippen LogP) is 3.24. The number of aliphatic imine (C=N–C) groups is 1. The maximum Gasteiger partial charge on any atom is 0.193 e. The van der Waals surface area contributed by atoms with Gasteiger partial charge in [-0.3, -0.25) is 4.99 Å². The number of aryl methyl sites for hydroxylation is 1. The Morgan fingerprint density at radius 3 is 2.65 bits per heavy atom. The molecule has 6 heteroatoms. The van der Waals surface area contributed by atoms with Gasteiger partial charge < -0.3 is 14.8 Å². The van der Waals surface area contributed by atoms with Gasteiger partial charge in [0.05, 0.1) is 6.54 Å². The van der Waals surface area contributed by atoms with Crippen LogP contribution >= 0.6 is 0 Å². The van der Waals surface area contributed by atoms with Crippen LogP contribution in [0.1, 0.15) is 71.0 Å². The van der Waals surface area contributed by atoms with Crippen LogP contribution in [-0.4, -0.2) is 51.8 Å². The molecule has 1 saturated heterocycles. The van der Waals surface area contributed by atoms with Crippen molar-refractivity contribution in [3.63, 3.8) is 0 Å². The second-order valence-corrected chi connectivity index (χ2v) is 7.97. The van der Waals surface area contributed by atoms with Crippen molar-refractivity contribution in [3.8, 4) is 0 Å². The van der Waals surface area contributed by atoms with E-state index in [1.807, 2.05) is 6.33 Å². The third kappa shape index (κ3) is 4.77. The van der Waals surface area contributed by atoms with Crippen LogP contribution in [0.2, 0.25) is 0 Å². The fourth-order valence-electron chi connectivity index (χ4n) is 4.70. The SMILES string of the molecule is CCNC(=NCCn1cnnc1CC)N1CCCC2(CCCCCC2)C1. The van der Waals surface area contributed by atoms with E-state index in [9.17, 15) is 0 Å². The predicted molar refractivity (Wildman–Crippen MR) is 106 cm³/mol. The van der Waals surface area contributed by atoms with E-state index < -0.39 is 0 Å². The molecule has 2 aliphatic rings. The van der Waals surface area contributed by atoms with Crippen LogP contribution in [0.15, 0.2) is 11.3 Å². The van der Waals surface area contributed by atoms with Crippen molar-refractivity contribution in [3.05, 3.63) is 12.2 Å². The quantitative estimate of drug-likeness (QED) is 0.647. The summed E-state index contributed by atoms with van der Waals surface area (Å²) in [6.45, 7) is 9.16. The fraction of sp³-hybridized carbons (Fsp3) is 0.850. The van der Waals surface area contributed by atoms with Gasteiger partial charge in [0.25, 0.3) is 0 Å². The molecule has 1 aliphatic carbocycles. The molecule has 6 nitrogen and oxygen atoms in total. The standard InChI is InChI=1S/C20H36N6/c1-3-18-24-23-17-26(18)15-13-22-19(21-4-2)25-14-9-12-20(16-25)10-7-5-6-8-11-20/h17H,3-16H2,1-2H3,(H,21,22). The number of hydrogen-bond donors (Lipinski definition) is 1. The lowest BCUT2D eigenvalue weighted by molar-refractivity contribution is 0.115. The lowest BCUT2D eigenvalue weighted by Gasteiger charge is -2.44. The summed E-state index contributed by atoms with van der Waals surface area (Å²) in [6.07, 6.45) is 13.9. The van der Waals surface area contributed by atoms with E-state index in [2.05, 4.69) is 38.8 Å². The second-order valence-electron chi connectivity index (χ2n) is 7.97. The fourth-order valence-corrected chi connectivity index (χ4v) is 4.70. The molecule has 2 fully saturated rings. The number of nitrogens with one attached hydrogen (secondary N) is 1. The average molecular weight is 361 g/mol. The maximum atomic E-state index is 4.94. The molecule has 0 radical (unpaired) electrons. The minimum absolute atomic E-state index is 0.536. The van der Waals surface area contributed by atoms with Crippen LogP contribution in [0, 0.1) is 5.41 Å². The lowest BCUT2D eigenvalue weighted by atomic mass is 9.74. The van der Waals surface area contributed by atoms with Gasteiger partial charge in [-0.05, 0) is 38.0 Å². The molecule has 146 valence electrons. The van der Waals surface area contributed by atoms with Crippen LogP contribution in [0.3, 0.4) is 0 Å². The van der Waals surface area contributed by atoms with Gasteiger partial charge in [-0.2, -0.15) is 0 Å². The Bertz CT molecular complexity index is 571. The van der Waals surface area contributed by atoms with Crippen LogP contribution in [0.5, 0.6) is 0 Å². The minimum Gasteiger partial charge on any atom is -0.357 e. The zero-order valence-corrected chi connectivity index (χ0v) is 16.7. The molecular weight excluding hydrogens is 324 g/mol. The van der Waals surface area contributed by atoms with Crippen molar-refractivity contribution < 1.29 is 0 Å². The van der Waals surface area contributed by atoms with Gasteiger partial charge in [0.2, 0.25) is 0 Å². The molecule has 0 aromatic carbocycles. The highest BCUT2D eigenvalue weighted by Gasteiger charge is 2.36. The van der Waals surface area contributed by atoms with E-state index in [1.165, 1.54) is 57.9 Å². The van der Waals surface area contributed by atoms with Gasteiger partial charge in [-0.1, -0.05) is 32.6 Å². The van der Waals surface area contributed by atoms with Gasteiger partial charge in [0.15, 0.2) is 5.96 Å². The zero-order chi connectivity index (χ0) is 18.2. The number of rotatable bonds is 5. The minimum atomic E-state index is 0.536. The molecule has 1 aromatic heterocycles. The van der Waals surface area contributed by atoms with Crippen LogP contribution in [0.25, 0.3) is 0 Å². The first-order valence-electron chi connectivity index (χ1n) is 10.7. The monoisotopic (exact) mass is 360 g/mol. The van der Waals surface area contributed by atoms with Crippen molar-refractivity contribution in [1.82, 2.24) is 25.0 Å². The Morgan fingerprint density at radius 1 is 1.15 bits per heavy atom. The molecule has 0 atom stereocenters. The topological polar surface area (TPSA) is 58.3 Å². The zero-order valence-electron chi connectivity index (χ0n) is 16.7. The van der Waals surface area contributed by atoms with Gasteiger partial charge in [0, 0.05) is 32.6 Å². The van der Waals surface area contributed by atoms with Crippen LogP contribution in [0.4, 0.5) is 0 Å². The van der Waals surface area contributed by atoms with E-state index in [0.717, 1.165) is 44.4 Å². The summed E-state index contributed by atoms with van der Waals surface area (Å²) in [4.78, 5) is 7.48. The molecule has 1 spiro atoms. The first kappa shape index (κ1) is 19.2. The van der Waals surface area contributed by atoms with Crippen molar-refractivity contribution in [2.75, 3.05) is 26.2 Å². The van der Waals surface area contributed by atoms with E-state index >= 15 is 0 Å². The van der Waals surface area contributed by atoms with Gasteiger partial charge in [-0.15, -0.1) is 10.2 Å². The highest BCUT2D eigenvalue weighted by atomic mass is 15.3. The number of hydrogen-bond acceptors (Lipinski definition) is 3. The molecule has 2 heterocycles. The third-order valence-corrected chi connectivity index (χ3v) is 6.07. The number of likely N-dealkylation sites (tertiary alicyclic amines) is 1. The second kappa shape index (κ2) is 9.38. The molecular formula is C20H36N6. The lowest BCUT2D eigenvalue weighted by Crippen LogP contribution is -2.50. The van der Waals surface area contributed by atoms with E-state index in [4.69, 9.17) is 4.99 Å². The van der Waals surface area contributed by atoms with Gasteiger partial charge in [0.1, 0.15) is 12.2 Å². The number of piperidine rings is 1. The molecule has 0 unspecified atom stereocenters. The summed E-state index contributed by atoms with van der Waals surface area (Å²) >= 11 is 0. The summed E-state index contributed by atoms with van der Waals surface area (Å²) in [5.74, 6) is 2.14. The molecule has 3 rings (SSSR count). The normalized spacial score (nSPS) is 21.0. The van der Waals surface area contributed by atoms with E-state index in [-0.39, 0.29) is 0 Å². The molecule has 1 aliphatic heterocycles. The Morgan fingerprint density at radius 2 is 1.92 bits per heavy atom. The summed E-state index contributed by atoms with van der Waals surface area (Å²) in [5, 5.41) is 11.7. The van der Waals surface area contributed by atoms with Crippen molar-refractivity contribution in [2.45, 2.75) is 78.2 Å². The van der Waals surface area contributed by atoms with Crippen molar-refractivity contribution >= 4 is 5.96 Å². The largest absolute Gasteiger partial charge is 0.357 e. The smallest absolute Gasteiger partial charge is 0.193 e. The average Bonchev–Trinajstić information content (AvgIpc) is 3.00. The Labute approximate surface area is 158 Å². The van der Waals surface area contributed by atoms with Crippen molar-refractivity contribution in [1.29, 1.82) is 0 Å². The van der Waals surface area contributed by atoms with Gasteiger partial charge >= 0.3 is 0 Å². The molecule has 1 aromatic rings. The van der Waals surface area contributed by atoms with Crippen LogP contribution < -0.4 is 5.32 Å². The molecule has 1 N–H and O–H groups in total. The molecule has 0 bridgehead atoms. The van der Waals surface area contributed by atoms with Crippen molar-refractivity contribution in [2.24, 2.45) is 10.4 Å². The third-order valence-electron chi connectivity index (χ3n) is 6.07. The number of aromatic nitrogens is 3. The first-order valence-corrected chi connectivity index (χ1v) is 10.7. The van der Waals surface area contributed by atoms with Crippen LogP contribution in [-0.2, 0) is 13.0 Å². The summed E-state index contributed by atoms with van der Waals surface area (Å²) in [5.41, 5.74) is 0.536. The molecule has 26 heavy (non-hydrogen) atoms. The molecule has 1 saturated carbocycles. The highest BCUT2D eigenvalue weighted by molar-refractivity contribution is 5.80. The number of guanidine groups is 1. The summed E-state index contributed by atoms with van der Waals surface area (Å²) in [7, 11) is 0. The first-order chi connectivity index (χ1) is 12.8. The maximum absolute atomic E-state index is 4.94. The van der Waals surface area contributed by atoms with E-state index in [0.29, 0.717) is 5.41 Å². The summed E-state index contributed by atoms with van der Waals surface area (Å²) in [6, 6.07) is 0. The molecule has 0 amide bonds. The summed E-state index contributed by atoms with van der Waals surface area (Å²) < 4.78 is 2.12. The Balaban J connectivity index is 1.64. The Hall–Kier alpha value is -1.59. The number of nitrogens with zero attached hydrogens (tertiary/aromatic N) is 5. The van der Waals surface area contributed by atoms with Gasteiger partial charge in [-0.25, -0.2) is 0 Å². The van der Waals surface area contributed by atoms with E-state index in [1.54, 1.807) is 0 Å².